The van der Waals surface area contributed by atoms with Crippen LogP contribution in [0.5, 0.6) is 0 Å². The molecule has 1 aliphatic rings. The lowest BCUT2D eigenvalue weighted by Crippen LogP contribution is -2.50. The maximum absolute atomic E-state index is 11.7. The van der Waals surface area contributed by atoms with E-state index in [9.17, 15) is 9.90 Å². The van der Waals surface area contributed by atoms with Gasteiger partial charge in [0.1, 0.15) is 0 Å². The molecule has 0 aromatic carbocycles. The average molecular weight is 256 g/mol. The van der Waals surface area contributed by atoms with E-state index in [4.69, 9.17) is 5.73 Å². The average Bonchev–Trinajstić information content (AvgIpc) is 2.36. The third kappa shape index (κ3) is 4.25. The molecule has 0 radical (unpaired) electrons. The van der Waals surface area contributed by atoms with Gasteiger partial charge in [0.15, 0.2) is 0 Å². The van der Waals surface area contributed by atoms with Crippen molar-refractivity contribution in [3.63, 3.8) is 0 Å². The van der Waals surface area contributed by atoms with Gasteiger partial charge in [0.2, 0.25) is 5.91 Å². The SMILES string of the molecule is CCC1CCC(O)(CNC(=O)C(N)C(C)C)CC1. The van der Waals surface area contributed by atoms with Gasteiger partial charge in [0, 0.05) is 6.54 Å². The van der Waals surface area contributed by atoms with Gasteiger partial charge >= 0.3 is 0 Å². The first-order chi connectivity index (χ1) is 8.38. The number of nitrogens with one attached hydrogen (secondary N) is 1. The molecule has 1 rings (SSSR count). The van der Waals surface area contributed by atoms with Crippen molar-refractivity contribution in [2.75, 3.05) is 6.54 Å². The fourth-order valence-corrected chi connectivity index (χ4v) is 2.47. The molecule has 0 aromatic heterocycles. The van der Waals surface area contributed by atoms with Gasteiger partial charge in [0.25, 0.3) is 0 Å². The van der Waals surface area contributed by atoms with Crippen LogP contribution in [0.3, 0.4) is 0 Å². The molecule has 4 heteroatoms. The third-order valence-corrected chi connectivity index (χ3v) is 4.23. The van der Waals surface area contributed by atoms with Gasteiger partial charge < -0.3 is 16.2 Å². The molecule has 4 nitrogen and oxygen atoms in total. The molecule has 0 bridgehead atoms. The van der Waals surface area contributed by atoms with E-state index in [1.807, 2.05) is 13.8 Å². The Bertz CT molecular complexity index is 271. The molecule has 0 heterocycles. The molecular formula is C14H28N2O2. The van der Waals surface area contributed by atoms with E-state index in [1.54, 1.807) is 0 Å². The van der Waals surface area contributed by atoms with Crippen molar-refractivity contribution < 1.29 is 9.90 Å². The minimum absolute atomic E-state index is 0.121. The molecule has 18 heavy (non-hydrogen) atoms. The van der Waals surface area contributed by atoms with E-state index < -0.39 is 11.6 Å². The normalized spacial score (nSPS) is 30.2. The van der Waals surface area contributed by atoms with Crippen LogP contribution in [0, 0.1) is 11.8 Å². The first kappa shape index (κ1) is 15.4. The third-order valence-electron chi connectivity index (χ3n) is 4.23. The van der Waals surface area contributed by atoms with Crippen LogP contribution in [0.25, 0.3) is 0 Å². The zero-order valence-corrected chi connectivity index (χ0v) is 11.9. The van der Waals surface area contributed by atoms with Crippen LogP contribution in [0.15, 0.2) is 0 Å². The molecular weight excluding hydrogens is 228 g/mol. The maximum Gasteiger partial charge on any atom is 0.237 e. The van der Waals surface area contributed by atoms with Gasteiger partial charge in [-0.2, -0.15) is 0 Å². The van der Waals surface area contributed by atoms with Crippen molar-refractivity contribution in [2.45, 2.75) is 64.5 Å². The smallest absolute Gasteiger partial charge is 0.237 e. The van der Waals surface area contributed by atoms with Crippen LogP contribution in [0.4, 0.5) is 0 Å². The second-order valence-corrected chi connectivity index (χ2v) is 6.06. The molecule has 1 atom stereocenters. The summed E-state index contributed by atoms with van der Waals surface area (Å²) in [6.07, 6.45) is 4.85. The number of amides is 1. The predicted molar refractivity (Wildman–Crippen MR) is 73.0 cm³/mol. The minimum Gasteiger partial charge on any atom is -0.388 e. The van der Waals surface area contributed by atoms with E-state index in [2.05, 4.69) is 12.2 Å². The Labute approximate surface area is 110 Å². The van der Waals surface area contributed by atoms with Gasteiger partial charge in [-0.15, -0.1) is 0 Å². The zero-order chi connectivity index (χ0) is 13.8. The number of hydrogen-bond acceptors (Lipinski definition) is 3. The highest BCUT2D eigenvalue weighted by Crippen LogP contribution is 2.33. The molecule has 1 aliphatic carbocycles. The van der Waals surface area contributed by atoms with Crippen molar-refractivity contribution >= 4 is 5.91 Å². The zero-order valence-electron chi connectivity index (χ0n) is 11.9. The Kier molecular flexibility index (Phi) is 5.60. The summed E-state index contributed by atoms with van der Waals surface area (Å²) in [5.41, 5.74) is 5.04. The Balaban J connectivity index is 2.37. The van der Waals surface area contributed by atoms with Gasteiger partial charge in [-0.3, -0.25) is 4.79 Å². The summed E-state index contributed by atoms with van der Waals surface area (Å²) in [7, 11) is 0. The van der Waals surface area contributed by atoms with Crippen molar-refractivity contribution in [3.05, 3.63) is 0 Å². The Morgan fingerprint density at radius 3 is 2.44 bits per heavy atom. The summed E-state index contributed by atoms with van der Waals surface area (Å²) >= 11 is 0. The second-order valence-electron chi connectivity index (χ2n) is 6.06. The maximum atomic E-state index is 11.7. The Morgan fingerprint density at radius 1 is 1.44 bits per heavy atom. The fraction of sp³-hybridized carbons (Fsp3) is 0.929. The molecule has 0 saturated heterocycles. The Hall–Kier alpha value is -0.610. The lowest BCUT2D eigenvalue weighted by Gasteiger charge is -2.36. The summed E-state index contributed by atoms with van der Waals surface area (Å²) < 4.78 is 0. The van der Waals surface area contributed by atoms with Crippen molar-refractivity contribution in [2.24, 2.45) is 17.6 Å². The molecule has 106 valence electrons. The van der Waals surface area contributed by atoms with Crippen LogP contribution in [-0.2, 0) is 4.79 Å². The van der Waals surface area contributed by atoms with Crippen LogP contribution in [0.1, 0.15) is 52.9 Å². The number of aliphatic hydroxyl groups is 1. The van der Waals surface area contributed by atoms with E-state index >= 15 is 0 Å². The minimum atomic E-state index is -0.724. The second kappa shape index (κ2) is 6.53. The van der Waals surface area contributed by atoms with E-state index in [0.717, 1.165) is 31.6 Å². The number of carbonyl (C=O) groups is 1. The van der Waals surface area contributed by atoms with Gasteiger partial charge in [-0.1, -0.05) is 27.2 Å². The lowest BCUT2D eigenvalue weighted by molar-refractivity contribution is -0.125. The van der Waals surface area contributed by atoms with E-state index in [-0.39, 0.29) is 11.8 Å². The van der Waals surface area contributed by atoms with Crippen LogP contribution in [0.2, 0.25) is 0 Å². The van der Waals surface area contributed by atoms with E-state index in [0.29, 0.717) is 6.54 Å². The van der Waals surface area contributed by atoms with Gasteiger partial charge in [0.05, 0.1) is 11.6 Å². The number of rotatable bonds is 5. The fourth-order valence-electron chi connectivity index (χ4n) is 2.47. The molecule has 0 aromatic rings. The molecule has 1 fully saturated rings. The standard InChI is InChI=1S/C14H28N2O2/c1-4-11-5-7-14(18,8-6-11)9-16-13(17)12(15)10(2)3/h10-12,18H,4-9,15H2,1-3H3,(H,16,17). The quantitative estimate of drug-likeness (QED) is 0.696. The Morgan fingerprint density at radius 2 is 2.00 bits per heavy atom. The lowest BCUT2D eigenvalue weighted by atomic mass is 9.78. The van der Waals surface area contributed by atoms with Crippen molar-refractivity contribution in [1.29, 1.82) is 0 Å². The van der Waals surface area contributed by atoms with Gasteiger partial charge in [-0.25, -0.2) is 0 Å². The summed E-state index contributed by atoms with van der Waals surface area (Å²) in [4.78, 5) is 11.7. The molecule has 1 amide bonds. The summed E-state index contributed by atoms with van der Waals surface area (Å²) in [5, 5.41) is 13.2. The van der Waals surface area contributed by atoms with Crippen molar-refractivity contribution in [3.8, 4) is 0 Å². The van der Waals surface area contributed by atoms with Crippen LogP contribution in [-0.4, -0.2) is 29.2 Å². The number of nitrogens with two attached hydrogens (primary N) is 1. The van der Waals surface area contributed by atoms with Gasteiger partial charge in [-0.05, 0) is 37.5 Å². The van der Waals surface area contributed by atoms with Crippen LogP contribution >= 0.6 is 0 Å². The van der Waals surface area contributed by atoms with Crippen LogP contribution < -0.4 is 11.1 Å². The summed E-state index contributed by atoms with van der Waals surface area (Å²) in [5.74, 6) is 0.699. The first-order valence-electron chi connectivity index (χ1n) is 7.13. The predicted octanol–water partition coefficient (Wildman–Crippen LogP) is 1.42. The summed E-state index contributed by atoms with van der Waals surface area (Å²) in [6.45, 7) is 6.37. The highest BCUT2D eigenvalue weighted by molar-refractivity contribution is 5.81. The first-order valence-corrected chi connectivity index (χ1v) is 7.13. The number of carbonyl (C=O) groups excluding carboxylic acids is 1. The highest BCUT2D eigenvalue weighted by atomic mass is 16.3. The largest absolute Gasteiger partial charge is 0.388 e. The summed E-state index contributed by atoms with van der Waals surface area (Å²) in [6, 6.07) is -0.486. The topological polar surface area (TPSA) is 75.3 Å². The molecule has 0 spiro atoms. The van der Waals surface area contributed by atoms with Crippen molar-refractivity contribution in [1.82, 2.24) is 5.32 Å². The van der Waals surface area contributed by atoms with E-state index in [1.165, 1.54) is 6.42 Å². The monoisotopic (exact) mass is 256 g/mol. The molecule has 4 N–H and O–H groups in total. The molecule has 1 unspecified atom stereocenters. The molecule has 0 aliphatic heterocycles. The highest BCUT2D eigenvalue weighted by Gasteiger charge is 2.33. The number of hydrogen-bond donors (Lipinski definition) is 3. The molecule has 1 saturated carbocycles.